The number of pyridine rings is 1. The van der Waals surface area contributed by atoms with E-state index in [1.165, 1.54) is 18.0 Å². The third-order valence-electron chi connectivity index (χ3n) is 6.22. The lowest BCUT2D eigenvalue weighted by Gasteiger charge is -2.36. The molecule has 0 spiro atoms. The van der Waals surface area contributed by atoms with Crippen molar-refractivity contribution in [2.24, 2.45) is 0 Å². The van der Waals surface area contributed by atoms with Crippen LogP contribution in [0, 0.1) is 0 Å². The number of anilines is 1. The lowest BCUT2D eigenvalue weighted by Crippen LogP contribution is -2.45. The predicted octanol–water partition coefficient (Wildman–Crippen LogP) is 5.25. The number of piperazine rings is 1. The van der Waals surface area contributed by atoms with Crippen LogP contribution in [0.2, 0.25) is 0 Å². The van der Waals surface area contributed by atoms with Crippen LogP contribution in [0.1, 0.15) is 15.9 Å². The molecule has 6 rings (SSSR count). The number of nitrogens with zero attached hydrogens (tertiary/aromatic N) is 4. The van der Waals surface area contributed by atoms with Gasteiger partial charge in [0, 0.05) is 61.6 Å². The van der Waals surface area contributed by atoms with Gasteiger partial charge in [0.15, 0.2) is 5.65 Å². The normalized spacial score (nSPS) is 14.6. The Balaban J connectivity index is 1.15. The number of carbonyl (C=O) groups is 1. The van der Waals surface area contributed by atoms with E-state index in [0.717, 1.165) is 60.6 Å². The Bertz CT molecular complexity index is 1510. The fraction of sp³-hybridized carbons (Fsp3) is 0.192. The highest BCUT2D eigenvalue weighted by Gasteiger charge is 2.19. The molecule has 5 aromatic rings. The molecule has 8 nitrogen and oxygen atoms in total. The number of furan rings is 1. The summed E-state index contributed by atoms with van der Waals surface area (Å²) in [6.45, 7) is 4.81. The van der Waals surface area contributed by atoms with E-state index in [0.29, 0.717) is 21.3 Å². The fourth-order valence-corrected chi connectivity index (χ4v) is 5.32. The number of hydrogen-bond acceptors (Lipinski definition) is 8. The van der Waals surface area contributed by atoms with Crippen LogP contribution in [0.4, 0.5) is 5.69 Å². The Morgan fingerprint density at radius 3 is 2.71 bits per heavy atom. The van der Waals surface area contributed by atoms with Crippen LogP contribution in [-0.4, -0.2) is 52.1 Å². The molecule has 1 N–H and O–H groups in total. The second-order valence-corrected chi connectivity index (χ2v) is 9.38. The summed E-state index contributed by atoms with van der Waals surface area (Å²) in [4.78, 5) is 24.8. The van der Waals surface area contributed by atoms with Crippen molar-refractivity contribution >= 4 is 44.3 Å². The lowest BCUT2D eigenvalue weighted by molar-refractivity contribution is 0.0699. The summed E-state index contributed by atoms with van der Waals surface area (Å²) < 4.78 is 12.3. The lowest BCUT2D eigenvalue weighted by atomic mass is 10.1. The van der Waals surface area contributed by atoms with Gasteiger partial charge in [0.2, 0.25) is 0 Å². The van der Waals surface area contributed by atoms with Gasteiger partial charge in [0.25, 0.3) is 5.19 Å². The molecule has 35 heavy (non-hydrogen) atoms. The van der Waals surface area contributed by atoms with E-state index in [1.807, 2.05) is 30.5 Å². The minimum atomic E-state index is -1.02. The van der Waals surface area contributed by atoms with Crippen molar-refractivity contribution in [2.75, 3.05) is 31.1 Å². The molecule has 1 saturated heterocycles. The highest BCUT2D eigenvalue weighted by molar-refractivity contribution is 7.20. The van der Waals surface area contributed by atoms with Crippen LogP contribution in [0.25, 0.3) is 21.3 Å². The molecule has 1 fully saturated rings. The van der Waals surface area contributed by atoms with Gasteiger partial charge in [-0.2, -0.15) is 4.98 Å². The molecule has 2 aromatic carbocycles. The second-order valence-electron chi connectivity index (χ2n) is 8.42. The van der Waals surface area contributed by atoms with Crippen molar-refractivity contribution in [3.8, 4) is 10.9 Å². The average Bonchev–Trinajstić information content (AvgIpc) is 3.48. The van der Waals surface area contributed by atoms with Crippen molar-refractivity contribution in [1.82, 2.24) is 14.9 Å². The van der Waals surface area contributed by atoms with Gasteiger partial charge in [-0.3, -0.25) is 4.90 Å². The molecule has 3 aromatic heterocycles. The number of benzene rings is 2. The van der Waals surface area contributed by atoms with Crippen molar-refractivity contribution in [1.29, 1.82) is 0 Å². The van der Waals surface area contributed by atoms with Crippen LogP contribution >= 0.6 is 11.3 Å². The topological polar surface area (TPSA) is 91.9 Å². The monoisotopic (exact) mass is 486 g/mol. The Hall–Kier alpha value is -3.95. The highest BCUT2D eigenvalue weighted by Crippen LogP contribution is 2.34. The number of ether oxygens (including phenoxy) is 1. The number of hydrogen-bond donors (Lipinski definition) is 1. The SMILES string of the molecule is O=C(O)c1ccnc2nc(Oc3ccc4c(CN5CCN(c6ccccc6)CC5)coc4c3)sc12. The van der Waals surface area contributed by atoms with Crippen LogP contribution in [0.5, 0.6) is 10.9 Å². The Morgan fingerprint density at radius 1 is 1.09 bits per heavy atom. The first-order valence-corrected chi connectivity index (χ1v) is 12.1. The van der Waals surface area contributed by atoms with Gasteiger partial charge in [-0.1, -0.05) is 29.5 Å². The molecule has 4 heterocycles. The third-order valence-corrected chi connectivity index (χ3v) is 7.18. The Kier molecular flexibility index (Phi) is 5.55. The van der Waals surface area contributed by atoms with E-state index in [4.69, 9.17) is 9.15 Å². The van der Waals surface area contributed by atoms with Gasteiger partial charge >= 0.3 is 5.97 Å². The summed E-state index contributed by atoms with van der Waals surface area (Å²) in [5.74, 6) is -0.440. The molecule has 0 radical (unpaired) electrons. The molecule has 0 saturated carbocycles. The second kappa shape index (κ2) is 9.01. The van der Waals surface area contributed by atoms with Gasteiger partial charge in [-0.15, -0.1) is 0 Å². The Labute approximate surface area is 205 Å². The van der Waals surface area contributed by atoms with Crippen LogP contribution < -0.4 is 9.64 Å². The number of carboxylic acid groups (broad SMARTS) is 1. The van der Waals surface area contributed by atoms with E-state index in [2.05, 4.69) is 44.0 Å². The number of aromatic nitrogens is 2. The van der Waals surface area contributed by atoms with E-state index in [1.54, 1.807) is 0 Å². The van der Waals surface area contributed by atoms with Crippen molar-refractivity contribution in [2.45, 2.75) is 6.54 Å². The molecule has 0 amide bonds. The molecule has 0 atom stereocenters. The van der Waals surface area contributed by atoms with Gasteiger partial charge in [-0.25, -0.2) is 9.78 Å². The number of fused-ring (bicyclic) bond motifs is 2. The minimum Gasteiger partial charge on any atom is -0.478 e. The van der Waals surface area contributed by atoms with E-state index in [-0.39, 0.29) is 5.56 Å². The zero-order valence-electron chi connectivity index (χ0n) is 18.8. The van der Waals surface area contributed by atoms with Gasteiger partial charge in [0.1, 0.15) is 11.3 Å². The summed E-state index contributed by atoms with van der Waals surface area (Å²) in [6.07, 6.45) is 3.26. The quantitative estimate of drug-likeness (QED) is 0.348. The molecular weight excluding hydrogens is 464 g/mol. The highest BCUT2D eigenvalue weighted by atomic mass is 32.1. The first kappa shape index (κ1) is 21.6. The summed E-state index contributed by atoms with van der Waals surface area (Å²) in [6, 6.07) is 17.7. The molecule has 1 aliphatic heterocycles. The number of carboxylic acids is 1. The number of para-hydroxylation sites is 1. The van der Waals surface area contributed by atoms with Gasteiger partial charge < -0.3 is 19.2 Å². The first-order chi connectivity index (χ1) is 17.1. The zero-order chi connectivity index (χ0) is 23.8. The van der Waals surface area contributed by atoms with Crippen molar-refractivity contribution in [3.05, 3.63) is 78.2 Å². The largest absolute Gasteiger partial charge is 0.478 e. The predicted molar refractivity (Wildman–Crippen MR) is 135 cm³/mol. The maximum absolute atomic E-state index is 11.4. The Morgan fingerprint density at radius 2 is 1.91 bits per heavy atom. The maximum Gasteiger partial charge on any atom is 0.337 e. The standard InChI is InChI=1S/C26H22N4O4S/c31-25(32)21-8-9-27-24-23(21)35-26(28-24)34-19-6-7-20-17(16-33-22(20)14-19)15-29-10-12-30(13-11-29)18-4-2-1-3-5-18/h1-9,14,16H,10-13,15H2,(H,31,32). The fourth-order valence-electron chi connectivity index (χ4n) is 4.42. The molecule has 0 aliphatic carbocycles. The van der Waals surface area contributed by atoms with Crippen LogP contribution in [0.3, 0.4) is 0 Å². The zero-order valence-corrected chi connectivity index (χ0v) is 19.6. The summed E-state index contributed by atoms with van der Waals surface area (Å²) in [5.41, 5.74) is 3.69. The summed E-state index contributed by atoms with van der Waals surface area (Å²) in [7, 11) is 0. The molecular formula is C26H22N4O4S. The number of rotatable bonds is 6. The smallest absolute Gasteiger partial charge is 0.337 e. The van der Waals surface area contributed by atoms with Gasteiger partial charge in [0.05, 0.1) is 16.5 Å². The molecule has 0 unspecified atom stereocenters. The molecule has 0 bridgehead atoms. The van der Waals surface area contributed by atoms with Crippen LogP contribution in [0.15, 0.2) is 71.5 Å². The molecule has 1 aliphatic rings. The number of thiazole rings is 1. The van der Waals surface area contributed by atoms with E-state index < -0.39 is 5.97 Å². The maximum atomic E-state index is 11.4. The van der Waals surface area contributed by atoms with Gasteiger partial charge in [-0.05, 0) is 30.3 Å². The number of aromatic carboxylic acids is 1. The van der Waals surface area contributed by atoms with Crippen molar-refractivity contribution in [3.63, 3.8) is 0 Å². The molecule has 9 heteroatoms. The van der Waals surface area contributed by atoms with Crippen molar-refractivity contribution < 1.29 is 19.1 Å². The van der Waals surface area contributed by atoms with Crippen LogP contribution in [-0.2, 0) is 6.54 Å². The summed E-state index contributed by atoms with van der Waals surface area (Å²) in [5, 5.41) is 10.8. The average molecular weight is 487 g/mol. The summed E-state index contributed by atoms with van der Waals surface area (Å²) >= 11 is 1.16. The first-order valence-electron chi connectivity index (χ1n) is 11.3. The minimum absolute atomic E-state index is 0.165. The van der Waals surface area contributed by atoms with E-state index >= 15 is 0 Å². The molecule has 176 valence electrons. The third kappa shape index (κ3) is 4.31. The van der Waals surface area contributed by atoms with E-state index in [9.17, 15) is 9.90 Å².